The van der Waals surface area contributed by atoms with Crippen LogP contribution in [-0.2, 0) is 9.53 Å². The monoisotopic (exact) mass is 318 g/mol. The fraction of sp³-hybridized carbons (Fsp3) is 0.667. The van der Waals surface area contributed by atoms with Crippen LogP contribution < -0.4 is 0 Å². The van der Waals surface area contributed by atoms with Gasteiger partial charge in [0.05, 0.1) is 0 Å². The maximum atomic E-state index is 11.8. The van der Waals surface area contributed by atoms with Crippen molar-refractivity contribution < 1.29 is 9.53 Å². The molecule has 0 bridgehead atoms. The molecule has 1 rings (SSSR count). The average molecular weight is 319 g/mol. The number of carbonyl (C=O) groups excluding carboxylic acids is 1. The highest BCUT2D eigenvalue weighted by Crippen LogP contribution is 2.12. The lowest BCUT2D eigenvalue weighted by molar-refractivity contribution is -0.146. The fourth-order valence-corrected chi connectivity index (χ4v) is 2.68. The molecule has 0 fully saturated rings. The molecule has 23 heavy (non-hydrogen) atoms. The number of cyclic esters (lactones) is 1. The summed E-state index contributed by atoms with van der Waals surface area (Å²) in [6.07, 6.45) is 25.9. The van der Waals surface area contributed by atoms with Crippen LogP contribution in [0.4, 0.5) is 0 Å². The van der Waals surface area contributed by atoms with Crippen molar-refractivity contribution in [2.24, 2.45) is 0 Å². The molecule has 1 heterocycles. The standard InChI is InChI=1S/C21H34O2/c1-2-3-4-5-6-8-11-14-17-20-18-15-12-9-7-10-13-16-19-21(22)23-20/h8,11-12,14-15,17,20H,2-7,9-10,13,16,18-19H2,1H3/b11-8?,15-12-,17-14?. The first-order valence-electron chi connectivity index (χ1n) is 9.50. The number of rotatable bonds is 7. The van der Waals surface area contributed by atoms with Crippen molar-refractivity contribution >= 4 is 5.97 Å². The van der Waals surface area contributed by atoms with Crippen molar-refractivity contribution in [2.75, 3.05) is 0 Å². The molecule has 1 atom stereocenters. The second kappa shape index (κ2) is 14.3. The average Bonchev–Trinajstić information content (AvgIpc) is 2.53. The number of allylic oxidation sites excluding steroid dienone is 4. The predicted molar refractivity (Wildman–Crippen MR) is 98.4 cm³/mol. The van der Waals surface area contributed by atoms with E-state index in [2.05, 4.69) is 31.2 Å². The molecule has 0 aromatic heterocycles. The number of ether oxygens (including phenoxy) is 1. The molecule has 0 saturated heterocycles. The van der Waals surface area contributed by atoms with Gasteiger partial charge in [-0.05, 0) is 38.2 Å². The smallest absolute Gasteiger partial charge is 0.306 e. The van der Waals surface area contributed by atoms with Crippen LogP contribution in [0.15, 0.2) is 36.5 Å². The lowest BCUT2D eigenvalue weighted by Gasteiger charge is -2.13. The number of carbonyl (C=O) groups is 1. The van der Waals surface area contributed by atoms with Gasteiger partial charge in [-0.3, -0.25) is 4.79 Å². The van der Waals surface area contributed by atoms with Crippen LogP contribution in [0, 0.1) is 0 Å². The molecule has 0 N–H and O–H groups in total. The van der Waals surface area contributed by atoms with Crippen LogP contribution >= 0.6 is 0 Å². The van der Waals surface area contributed by atoms with Crippen LogP contribution in [0.1, 0.15) is 84.0 Å². The van der Waals surface area contributed by atoms with E-state index in [1.807, 2.05) is 12.2 Å². The van der Waals surface area contributed by atoms with E-state index >= 15 is 0 Å². The van der Waals surface area contributed by atoms with Gasteiger partial charge in [0.15, 0.2) is 0 Å². The summed E-state index contributed by atoms with van der Waals surface area (Å²) in [6, 6.07) is 0. The van der Waals surface area contributed by atoms with Gasteiger partial charge in [-0.1, -0.05) is 69.4 Å². The third-order valence-corrected chi connectivity index (χ3v) is 4.12. The topological polar surface area (TPSA) is 26.3 Å². The Morgan fingerprint density at radius 3 is 2.83 bits per heavy atom. The van der Waals surface area contributed by atoms with Gasteiger partial charge >= 0.3 is 5.97 Å². The summed E-state index contributed by atoms with van der Waals surface area (Å²) in [5.74, 6) is -0.0582. The van der Waals surface area contributed by atoms with E-state index in [1.165, 1.54) is 38.5 Å². The molecule has 1 aliphatic heterocycles. The second-order valence-corrected chi connectivity index (χ2v) is 6.35. The zero-order chi connectivity index (χ0) is 16.6. The molecule has 0 spiro atoms. The van der Waals surface area contributed by atoms with Gasteiger partial charge in [-0.2, -0.15) is 0 Å². The minimum Gasteiger partial charge on any atom is -0.458 e. The van der Waals surface area contributed by atoms with Gasteiger partial charge in [-0.25, -0.2) is 0 Å². The van der Waals surface area contributed by atoms with E-state index in [4.69, 9.17) is 4.74 Å². The molecular formula is C21H34O2. The molecule has 0 saturated carbocycles. The predicted octanol–water partition coefficient (Wildman–Crippen LogP) is 6.28. The Balaban J connectivity index is 2.37. The summed E-state index contributed by atoms with van der Waals surface area (Å²) >= 11 is 0. The molecule has 130 valence electrons. The summed E-state index contributed by atoms with van der Waals surface area (Å²) in [5.41, 5.74) is 0. The maximum Gasteiger partial charge on any atom is 0.306 e. The van der Waals surface area contributed by atoms with Crippen LogP contribution in [-0.4, -0.2) is 12.1 Å². The Hall–Kier alpha value is -1.31. The highest BCUT2D eigenvalue weighted by Gasteiger charge is 2.10. The molecule has 0 aromatic rings. The Bertz CT molecular complexity index is 379. The SMILES string of the molecule is CCCCCCC=CC=CC1C/C=C\CCCCCCC(=O)O1. The first kappa shape index (κ1) is 19.7. The van der Waals surface area contributed by atoms with Crippen molar-refractivity contribution in [2.45, 2.75) is 90.1 Å². The Labute approximate surface area is 142 Å². The Morgan fingerprint density at radius 2 is 1.96 bits per heavy atom. The lowest BCUT2D eigenvalue weighted by atomic mass is 10.1. The van der Waals surface area contributed by atoms with Crippen LogP contribution in [0.5, 0.6) is 0 Å². The zero-order valence-corrected chi connectivity index (χ0v) is 14.8. The number of hydrogen-bond acceptors (Lipinski definition) is 2. The zero-order valence-electron chi connectivity index (χ0n) is 14.8. The van der Waals surface area contributed by atoms with Gasteiger partial charge in [-0.15, -0.1) is 0 Å². The van der Waals surface area contributed by atoms with Gasteiger partial charge in [0, 0.05) is 12.8 Å². The van der Waals surface area contributed by atoms with E-state index in [0.717, 1.165) is 32.1 Å². The van der Waals surface area contributed by atoms with E-state index in [-0.39, 0.29) is 12.1 Å². The van der Waals surface area contributed by atoms with Gasteiger partial charge < -0.3 is 4.74 Å². The molecule has 2 heteroatoms. The second-order valence-electron chi connectivity index (χ2n) is 6.35. The van der Waals surface area contributed by atoms with Crippen molar-refractivity contribution in [3.05, 3.63) is 36.5 Å². The normalized spacial score (nSPS) is 22.7. The van der Waals surface area contributed by atoms with Crippen molar-refractivity contribution in [3.63, 3.8) is 0 Å². The molecule has 0 amide bonds. The number of unbranched alkanes of at least 4 members (excludes halogenated alkanes) is 4. The lowest BCUT2D eigenvalue weighted by Crippen LogP contribution is -2.15. The Morgan fingerprint density at radius 1 is 1.09 bits per heavy atom. The quantitative estimate of drug-likeness (QED) is 0.239. The minimum absolute atomic E-state index is 0.0582. The van der Waals surface area contributed by atoms with E-state index in [9.17, 15) is 4.79 Å². The maximum absolute atomic E-state index is 11.8. The number of hydrogen-bond donors (Lipinski definition) is 0. The molecule has 0 aromatic carbocycles. The Kier molecular flexibility index (Phi) is 12.3. The fourth-order valence-electron chi connectivity index (χ4n) is 2.68. The third kappa shape index (κ3) is 11.9. The van der Waals surface area contributed by atoms with Crippen LogP contribution in [0.3, 0.4) is 0 Å². The summed E-state index contributed by atoms with van der Waals surface area (Å²) in [5, 5.41) is 0. The van der Waals surface area contributed by atoms with Crippen molar-refractivity contribution in [1.82, 2.24) is 0 Å². The summed E-state index contributed by atoms with van der Waals surface area (Å²) in [4.78, 5) is 11.8. The number of esters is 1. The van der Waals surface area contributed by atoms with E-state index in [0.29, 0.717) is 6.42 Å². The van der Waals surface area contributed by atoms with Gasteiger partial charge in [0.25, 0.3) is 0 Å². The first-order valence-corrected chi connectivity index (χ1v) is 9.50. The first-order chi connectivity index (χ1) is 11.3. The van der Waals surface area contributed by atoms with Crippen LogP contribution in [0.25, 0.3) is 0 Å². The molecule has 0 aliphatic carbocycles. The van der Waals surface area contributed by atoms with Crippen LogP contribution in [0.2, 0.25) is 0 Å². The third-order valence-electron chi connectivity index (χ3n) is 4.12. The molecule has 1 aliphatic rings. The molecule has 2 nitrogen and oxygen atoms in total. The summed E-state index contributed by atoms with van der Waals surface area (Å²) in [7, 11) is 0. The highest BCUT2D eigenvalue weighted by molar-refractivity contribution is 5.69. The molecule has 0 radical (unpaired) electrons. The summed E-state index contributed by atoms with van der Waals surface area (Å²) in [6.45, 7) is 2.23. The molecule has 1 unspecified atom stereocenters. The summed E-state index contributed by atoms with van der Waals surface area (Å²) < 4.78 is 5.57. The van der Waals surface area contributed by atoms with Gasteiger partial charge in [0.1, 0.15) is 6.10 Å². The molecular weight excluding hydrogens is 284 g/mol. The highest BCUT2D eigenvalue weighted by atomic mass is 16.5. The van der Waals surface area contributed by atoms with E-state index in [1.54, 1.807) is 0 Å². The minimum atomic E-state index is -0.122. The van der Waals surface area contributed by atoms with Crippen molar-refractivity contribution in [3.8, 4) is 0 Å². The van der Waals surface area contributed by atoms with E-state index < -0.39 is 0 Å². The van der Waals surface area contributed by atoms with Gasteiger partial charge in [0.2, 0.25) is 0 Å². The largest absolute Gasteiger partial charge is 0.458 e. The van der Waals surface area contributed by atoms with Crippen molar-refractivity contribution in [1.29, 1.82) is 0 Å².